The summed E-state index contributed by atoms with van der Waals surface area (Å²) in [5.74, 6) is 1.06. The van der Waals surface area contributed by atoms with Gasteiger partial charge >= 0.3 is 0 Å². The fourth-order valence-electron chi connectivity index (χ4n) is 3.91. The standard InChI is InChI=1S/C23H22N2O2S/c26-23(25-12-10-24(11-13-25)15-17-6-2-1-3-7-17)21-14-18-16-27-20-9-5-4-8-19(20)22(18)28-21/h1-9,14H,10-13,15-16H2. The molecule has 0 spiro atoms. The van der Waals surface area contributed by atoms with Gasteiger partial charge in [-0.2, -0.15) is 0 Å². The molecule has 0 saturated carbocycles. The van der Waals surface area contributed by atoms with Gasteiger partial charge in [0, 0.05) is 48.7 Å². The van der Waals surface area contributed by atoms with E-state index < -0.39 is 0 Å². The number of amides is 1. The van der Waals surface area contributed by atoms with E-state index in [0.29, 0.717) is 6.61 Å². The van der Waals surface area contributed by atoms with Crippen LogP contribution in [0.3, 0.4) is 0 Å². The molecule has 5 rings (SSSR count). The first-order chi connectivity index (χ1) is 13.8. The summed E-state index contributed by atoms with van der Waals surface area (Å²) in [6, 6.07) is 20.6. The minimum Gasteiger partial charge on any atom is -0.488 e. The van der Waals surface area contributed by atoms with Crippen LogP contribution in [-0.4, -0.2) is 41.9 Å². The largest absolute Gasteiger partial charge is 0.488 e. The minimum absolute atomic E-state index is 0.149. The van der Waals surface area contributed by atoms with Gasteiger partial charge in [-0.1, -0.05) is 42.5 Å². The number of carbonyl (C=O) groups is 1. The van der Waals surface area contributed by atoms with E-state index in [1.807, 2.05) is 35.2 Å². The van der Waals surface area contributed by atoms with E-state index in [0.717, 1.165) is 54.5 Å². The number of hydrogen-bond donors (Lipinski definition) is 0. The molecule has 0 bridgehead atoms. The molecule has 142 valence electrons. The summed E-state index contributed by atoms with van der Waals surface area (Å²) in [7, 11) is 0. The number of rotatable bonds is 3. The Bertz CT molecular complexity index is 991. The van der Waals surface area contributed by atoms with Crippen molar-refractivity contribution in [1.82, 2.24) is 9.80 Å². The minimum atomic E-state index is 0.149. The van der Waals surface area contributed by atoms with E-state index in [1.54, 1.807) is 11.3 Å². The predicted octanol–water partition coefficient (Wildman–Crippen LogP) is 4.27. The number of piperazine rings is 1. The van der Waals surface area contributed by atoms with Gasteiger partial charge in [-0.3, -0.25) is 9.69 Å². The van der Waals surface area contributed by atoms with Crippen LogP contribution >= 0.6 is 11.3 Å². The van der Waals surface area contributed by atoms with E-state index in [1.165, 1.54) is 10.4 Å². The summed E-state index contributed by atoms with van der Waals surface area (Å²) in [6.07, 6.45) is 0. The number of hydrogen-bond acceptors (Lipinski definition) is 4. The number of nitrogens with zero attached hydrogens (tertiary/aromatic N) is 2. The van der Waals surface area contributed by atoms with E-state index in [-0.39, 0.29) is 5.91 Å². The molecule has 0 unspecified atom stereocenters. The highest BCUT2D eigenvalue weighted by molar-refractivity contribution is 7.17. The first-order valence-corrected chi connectivity index (χ1v) is 10.5. The summed E-state index contributed by atoms with van der Waals surface area (Å²) in [6.45, 7) is 4.88. The third-order valence-electron chi connectivity index (χ3n) is 5.44. The molecule has 4 nitrogen and oxygen atoms in total. The zero-order valence-electron chi connectivity index (χ0n) is 15.6. The van der Waals surface area contributed by atoms with Gasteiger partial charge in [-0.25, -0.2) is 0 Å². The molecule has 0 radical (unpaired) electrons. The average Bonchev–Trinajstić information content (AvgIpc) is 3.19. The van der Waals surface area contributed by atoms with Gasteiger partial charge in [0.25, 0.3) is 5.91 Å². The lowest BCUT2D eigenvalue weighted by atomic mass is 10.1. The second-order valence-electron chi connectivity index (χ2n) is 7.30. The Balaban J connectivity index is 1.27. The number of thiophene rings is 1. The number of benzene rings is 2. The summed E-state index contributed by atoms with van der Waals surface area (Å²) in [5.41, 5.74) is 3.54. The quantitative estimate of drug-likeness (QED) is 0.670. The molecule has 2 aliphatic heterocycles. The Hall–Kier alpha value is -2.63. The zero-order valence-corrected chi connectivity index (χ0v) is 16.5. The molecular formula is C23H22N2O2S. The second kappa shape index (κ2) is 7.41. The molecule has 2 aromatic carbocycles. The highest BCUT2D eigenvalue weighted by atomic mass is 32.1. The predicted molar refractivity (Wildman–Crippen MR) is 112 cm³/mol. The van der Waals surface area contributed by atoms with Crippen LogP contribution in [-0.2, 0) is 13.2 Å². The fourth-order valence-corrected chi connectivity index (χ4v) is 5.08. The maximum atomic E-state index is 13.1. The van der Waals surface area contributed by atoms with Crippen molar-refractivity contribution in [2.45, 2.75) is 13.2 Å². The topological polar surface area (TPSA) is 32.8 Å². The molecule has 0 atom stereocenters. The lowest BCUT2D eigenvalue weighted by Gasteiger charge is -2.34. The lowest BCUT2D eigenvalue weighted by Crippen LogP contribution is -2.48. The van der Waals surface area contributed by atoms with Gasteiger partial charge in [-0.05, 0) is 23.8 Å². The second-order valence-corrected chi connectivity index (χ2v) is 8.36. The third-order valence-corrected chi connectivity index (χ3v) is 6.64. The van der Waals surface area contributed by atoms with E-state index >= 15 is 0 Å². The molecule has 1 amide bonds. The molecule has 5 heteroatoms. The first kappa shape index (κ1) is 17.5. The smallest absolute Gasteiger partial charge is 0.264 e. The van der Waals surface area contributed by atoms with Crippen molar-refractivity contribution in [3.63, 3.8) is 0 Å². The summed E-state index contributed by atoms with van der Waals surface area (Å²) < 4.78 is 5.83. The Morgan fingerprint density at radius 1 is 0.964 bits per heavy atom. The van der Waals surface area contributed by atoms with Crippen LogP contribution in [0.25, 0.3) is 10.4 Å². The van der Waals surface area contributed by atoms with Crippen molar-refractivity contribution in [3.8, 4) is 16.2 Å². The van der Waals surface area contributed by atoms with Gasteiger partial charge < -0.3 is 9.64 Å². The van der Waals surface area contributed by atoms with Gasteiger partial charge in [0.1, 0.15) is 12.4 Å². The van der Waals surface area contributed by atoms with Crippen LogP contribution < -0.4 is 4.74 Å². The van der Waals surface area contributed by atoms with Crippen LogP contribution in [0.1, 0.15) is 20.8 Å². The molecule has 2 aliphatic rings. The Labute approximate surface area is 169 Å². The number of para-hydroxylation sites is 1. The first-order valence-electron chi connectivity index (χ1n) is 9.68. The highest BCUT2D eigenvalue weighted by Gasteiger charge is 2.27. The van der Waals surface area contributed by atoms with Crippen LogP contribution in [0, 0.1) is 0 Å². The summed E-state index contributed by atoms with van der Waals surface area (Å²) in [5, 5.41) is 0. The zero-order chi connectivity index (χ0) is 18.9. The molecule has 1 aromatic heterocycles. The summed E-state index contributed by atoms with van der Waals surface area (Å²) in [4.78, 5) is 19.5. The number of ether oxygens (including phenoxy) is 1. The molecule has 1 fully saturated rings. The van der Waals surface area contributed by atoms with Gasteiger partial charge in [0.15, 0.2) is 0 Å². The number of fused-ring (bicyclic) bond motifs is 3. The van der Waals surface area contributed by atoms with Crippen molar-refractivity contribution < 1.29 is 9.53 Å². The van der Waals surface area contributed by atoms with Crippen molar-refractivity contribution in [2.75, 3.05) is 26.2 Å². The third kappa shape index (κ3) is 3.32. The molecule has 3 aromatic rings. The molecule has 0 aliphatic carbocycles. The van der Waals surface area contributed by atoms with Crippen molar-refractivity contribution >= 4 is 17.2 Å². The maximum Gasteiger partial charge on any atom is 0.264 e. The normalized spacial score (nSPS) is 16.2. The fraction of sp³-hybridized carbons (Fsp3) is 0.261. The molecule has 3 heterocycles. The highest BCUT2D eigenvalue weighted by Crippen LogP contribution is 2.42. The average molecular weight is 391 g/mol. The van der Waals surface area contributed by atoms with E-state index in [9.17, 15) is 4.79 Å². The Morgan fingerprint density at radius 2 is 1.71 bits per heavy atom. The Morgan fingerprint density at radius 3 is 2.54 bits per heavy atom. The van der Waals surface area contributed by atoms with Crippen molar-refractivity contribution in [2.24, 2.45) is 0 Å². The SMILES string of the molecule is O=C(c1cc2c(s1)-c1ccccc1OC2)N1CCN(Cc2ccccc2)CC1. The van der Waals surface area contributed by atoms with Crippen LogP contribution in [0.4, 0.5) is 0 Å². The monoisotopic (exact) mass is 390 g/mol. The maximum absolute atomic E-state index is 13.1. The van der Waals surface area contributed by atoms with Gasteiger partial charge in [0.2, 0.25) is 0 Å². The molecule has 0 N–H and O–H groups in total. The van der Waals surface area contributed by atoms with Gasteiger partial charge in [0.05, 0.1) is 4.88 Å². The molecule has 1 saturated heterocycles. The van der Waals surface area contributed by atoms with Crippen LogP contribution in [0.15, 0.2) is 60.7 Å². The van der Waals surface area contributed by atoms with Crippen molar-refractivity contribution in [1.29, 1.82) is 0 Å². The van der Waals surface area contributed by atoms with Crippen LogP contribution in [0.2, 0.25) is 0 Å². The Kier molecular flexibility index (Phi) is 4.63. The molecular weight excluding hydrogens is 368 g/mol. The van der Waals surface area contributed by atoms with E-state index in [4.69, 9.17) is 4.74 Å². The molecule has 28 heavy (non-hydrogen) atoms. The van der Waals surface area contributed by atoms with Crippen molar-refractivity contribution in [3.05, 3.63) is 76.7 Å². The number of carbonyl (C=O) groups excluding carboxylic acids is 1. The summed E-state index contributed by atoms with van der Waals surface area (Å²) >= 11 is 1.60. The van der Waals surface area contributed by atoms with E-state index in [2.05, 4.69) is 35.2 Å². The van der Waals surface area contributed by atoms with Gasteiger partial charge in [-0.15, -0.1) is 11.3 Å². The van der Waals surface area contributed by atoms with Crippen LogP contribution in [0.5, 0.6) is 5.75 Å². The lowest BCUT2D eigenvalue weighted by molar-refractivity contribution is 0.0633.